The molecule has 0 unspecified atom stereocenters. The van der Waals surface area contributed by atoms with E-state index in [0.717, 1.165) is 22.3 Å². The Morgan fingerprint density at radius 2 is 2.00 bits per heavy atom. The predicted octanol–water partition coefficient (Wildman–Crippen LogP) is 4.03. The van der Waals surface area contributed by atoms with Crippen LogP contribution in [0.4, 0.5) is 0 Å². The molecule has 118 valence electrons. The van der Waals surface area contributed by atoms with Gasteiger partial charge in [0.2, 0.25) is 0 Å². The molecule has 0 aliphatic heterocycles. The summed E-state index contributed by atoms with van der Waals surface area (Å²) in [4.78, 5) is 19.0. The first-order valence-corrected chi connectivity index (χ1v) is 7.86. The van der Waals surface area contributed by atoms with E-state index < -0.39 is 0 Å². The van der Waals surface area contributed by atoms with Gasteiger partial charge in [0, 0.05) is 41.0 Å². The minimum Gasteiger partial charge on any atom is -0.466 e. The smallest absolute Gasteiger partial charge is 0.306 e. The van der Waals surface area contributed by atoms with Gasteiger partial charge in [0.1, 0.15) is 0 Å². The number of esters is 1. The molecule has 0 aliphatic carbocycles. The number of aromatic nitrogens is 2. The van der Waals surface area contributed by atoms with Gasteiger partial charge in [-0.25, -0.2) is 0 Å². The van der Waals surface area contributed by atoms with Gasteiger partial charge in [-0.15, -0.1) is 0 Å². The van der Waals surface area contributed by atoms with Crippen LogP contribution < -0.4 is 0 Å². The number of hydrogen-bond acceptors (Lipinski definition) is 3. The maximum atomic E-state index is 11.5. The third-order valence-corrected chi connectivity index (χ3v) is 4.01. The fraction of sp³-hybridized carbons (Fsp3) is 0.263. The topological polar surface area (TPSA) is 55.0 Å². The molecule has 2 aromatic heterocycles. The molecule has 4 heteroatoms. The summed E-state index contributed by atoms with van der Waals surface area (Å²) in [5, 5.41) is 1.19. The second-order valence-corrected chi connectivity index (χ2v) is 5.55. The van der Waals surface area contributed by atoms with Crippen molar-refractivity contribution in [2.45, 2.75) is 26.7 Å². The van der Waals surface area contributed by atoms with E-state index in [-0.39, 0.29) is 5.97 Å². The molecule has 2 heterocycles. The Hall–Kier alpha value is -2.62. The summed E-state index contributed by atoms with van der Waals surface area (Å²) in [6, 6.07) is 10.3. The number of fused-ring (bicyclic) bond motifs is 1. The van der Waals surface area contributed by atoms with E-state index in [0.29, 0.717) is 19.4 Å². The zero-order valence-corrected chi connectivity index (χ0v) is 13.4. The maximum Gasteiger partial charge on any atom is 0.306 e. The first-order chi connectivity index (χ1) is 11.2. The predicted molar refractivity (Wildman–Crippen MR) is 91.2 cm³/mol. The summed E-state index contributed by atoms with van der Waals surface area (Å²) < 4.78 is 4.99. The highest BCUT2D eigenvalue weighted by molar-refractivity contribution is 5.91. The van der Waals surface area contributed by atoms with E-state index in [1.807, 2.05) is 19.1 Å². The van der Waals surface area contributed by atoms with Crippen molar-refractivity contribution in [2.24, 2.45) is 0 Å². The SMILES string of the molecule is CCOC(=O)CCc1ccc2[nH]c(-c3ccncc3)c(C)c2c1. The number of pyridine rings is 1. The Morgan fingerprint density at radius 3 is 2.74 bits per heavy atom. The summed E-state index contributed by atoms with van der Waals surface area (Å²) in [6.45, 7) is 4.38. The Morgan fingerprint density at radius 1 is 1.22 bits per heavy atom. The minimum absolute atomic E-state index is 0.143. The average molecular weight is 308 g/mol. The highest BCUT2D eigenvalue weighted by atomic mass is 16.5. The van der Waals surface area contributed by atoms with Crippen LogP contribution in [-0.4, -0.2) is 22.5 Å². The summed E-state index contributed by atoms with van der Waals surface area (Å²) in [6.07, 6.45) is 4.71. The fourth-order valence-corrected chi connectivity index (χ4v) is 2.82. The molecule has 0 saturated carbocycles. The number of benzene rings is 1. The lowest BCUT2D eigenvalue weighted by atomic mass is 10.0. The van der Waals surface area contributed by atoms with Crippen LogP contribution in [0, 0.1) is 6.92 Å². The van der Waals surface area contributed by atoms with Gasteiger partial charge >= 0.3 is 5.97 Å². The van der Waals surface area contributed by atoms with Crippen molar-refractivity contribution in [3.8, 4) is 11.3 Å². The van der Waals surface area contributed by atoms with Crippen molar-refractivity contribution in [1.29, 1.82) is 0 Å². The van der Waals surface area contributed by atoms with Gasteiger partial charge in [-0.1, -0.05) is 6.07 Å². The minimum atomic E-state index is -0.143. The molecule has 0 aliphatic rings. The molecule has 4 nitrogen and oxygen atoms in total. The quantitative estimate of drug-likeness (QED) is 0.724. The Labute approximate surface area is 135 Å². The van der Waals surface area contributed by atoms with Crippen molar-refractivity contribution in [2.75, 3.05) is 6.61 Å². The highest BCUT2D eigenvalue weighted by Gasteiger charge is 2.10. The molecule has 0 saturated heterocycles. The van der Waals surface area contributed by atoms with Crippen molar-refractivity contribution >= 4 is 16.9 Å². The normalized spacial score (nSPS) is 10.9. The van der Waals surface area contributed by atoms with E-state index in [1.54, 1.807) is 12.4 Å². The zero-order valence-electron chi connectivity index (χ0n) is 13.4. The number of ether oxygens (including phenoxy) is 1. The van der Waals surface area contributed by atoms with Crippen LogP contribution in [0.1, 0.15) is 24.5 Å². The van der Waals surface area contributed by atoms with Gasteiger partial charge in [0.25, 0.3) is 0 Å². The third-order valence-electron chi connectivity index (χ3n) is 4.01. The van der Waals surface area contributed by atoms with Crippen LogP contribution in [-0.2, 0) is 16.0 Å². The second kappa shape index (κ2) is 6.65. The number of aryl methyl sites for hydroxylation is 2. The molecule has 0 spiro atoms. The molecule has 1 aromatic carbocycles. The molecule has 0 radical (unpaired) electrons. The van der Waals surface area contributed by atoms with Crippen molar-refractivity contribution in [3.63, 3.8) is 0 Å². The molecule has 0 bridgehead atoms. The summed E-state index contributed by atoms with van der Waals surface area (Å²) in [5.41, 5.74) is 5.71. The van der Waals surface area contributed by atoms with Crippen molar-refractivity contribution < 1.29 is 9.53 Å². The first kappa shape index (κ1) is 15.3. The van der Waals surface area contributed by atoms with E-state index in [4.69, 9.17) is 4.74 Å². The number of rotatable bonds is 5. The summed E-state index contributed by atoms with van der Waals surface area (Å²) in [5.74, 6) is -0.143. The standard InChI is InChI=1S/C19H20N2O2/c1-3-23-18(22)7-5-14-4-6-17-16(12-14)13(2)19(21-17)15-8-10-20-11-9-15/h4,6,8-12,21H,3,5,7H2,1-2H3. The second-order valence-electron chi connectivity index (χ2n) is 5.55. The van der Waals surface area contributed by atoms with Gasteiger partial charge in [-0.2, -0.15) is 0 Å². The summed E-state index contributed by atoms with van der Waals surface area (Å²) in [7, 11) is 0. The Balaban J connectivity index is 1.88. The average Bonchev–Trinajstić information content (AvgIpc) is 2.91. The fourth-order valence-electron chi connectivity index (χ4n) is 2.82. The monoisotopic (exact) mass is 308 g/mol. The number of carbonyl (C=O) groups excluding carboxylic acids is 1. The first-order valence-electron chi connectivity index (χ1n) is 7.86. The molecule has 1 N–H and O–H groups in total. The van der Waals surface area contributed by atoms with Crippen molar-refractivity contribution in [1.82, 2.24) is 9.97 Å². The lowest BCUT2D eigenvalue weighted by molar-refractivity contribution is -0.143. The van der Waals surface area contributed by atoms with E-state index in [1.165, 1.54) is 10.9 Å². The number of nitrogens with zero attached hydrogens (tertiary/aromatic N) is 1. The van der Waals surface area contributed by atoms with Gasteiger partial charge < -0.3 is 9.72 Å². The summed E-state index contributed by atoms with van der Waals surface area (Å²) >= 11 is 0. The van der Waals surface area contributed by atoms with Crippen LogP contribution in [0.3, 0.4) is 0 Å². The van der Waals surface area contributed by atoms with Crippen LogP contribution in [0.2, 0.25) is 0 Å². The van der Waals surface area contributed by atoms with E-state index in [2.05, 4.69) is 35.1 Å². The van der Waals surface area contributed by atoms with Crippen LogP contribution in [0.15, 0.2) is 42.7 Å². The van der Waals surface area contributed by atoms with Crippen molar-refractivity contribution in [3.05, 3.63) is 53.9 Å². The van der Waals surface area contributed by atoms with E-state index in [9.17, 15) is 4.79 Å². The molecule has 0 atom stereocenters. The molecule has 3 rings (SSSR count). The van der Waals surface area contributed by atoms with Gasteiger partial charge in [0.05, 0.1) is 6.61 Å². The molecule has 0 amide bonds. The maximum absolute atomic E-state index is 11.5. The zero-order chi connectivity index (χ0) is 16.2. The lowest BCUT2D eigenvalue weighted by Crippen LogP contribution is -2.05. The molecule has 0 fully saturated rings. The number of H-pyrrole nitrogens is 1. The molecular formula is C19H20N2O2. The van der Waals surface area contributed by atoms with Gasteiger partial charge in [-0.3, -0.25) is 9.78 Å². The van der Waals surface area contributed by atoms with Gasteiger partial charge in [0.15, 0.2) is 0 Å². The van der Waals surface area contributed by atoms with Crippen LogP contribution >= 0.6 is 0 Å². The Kier molecular flexibility index (Phi) is 4.42. The van der Waals surface area contributed by atoms with Gasteiger partial charge in [-0.05, 0) is 55.7 Å². The van der Waals surface area contributed by atoms with E-state index >= 15 is 0 Å². The Bertz CT molecular complexity index is 822. The van der Waals surface area contributed by atoms with Crippen LogP contribution in [0.5, 0.6) is 0 Å². The highest BCUT2D eigenvalue weighted by Crippen LogP contribution is 2.30. The third kappa shape index (κ3) is 3.26. The lowest BCUT2D eigenvalue weighted by Gasteiger charge is -2.03. The van der Waals surface area contributed by atoms with Crippen LogP contribution in [0.25, 0.3) is 22.2 Å². The number of hydrogen-bond donors (Lipinski definition) is 1. The molecule has 23 heavy (non-hydrogen) atoms. The number of nitrogens with one attached hydrogen (secondary N) is 1. The number of carbonyl (C=O) groups is 1. The molecule has 3 aromatic rings. The molecular weight excluding hydrogens is 288 g/mol. The number of aromatic amines is 1. The largest absolute Gasteiger partial charge is 0.466 e.